The molecule has 0 aromatic carbocycles. The van der Waals surface area contributed by atoms with Crippen molar-refractivity contribution in [3.05, 3.63) is 0 Å². The SMILES string of the molecule is CCCCCCCCCCCCCCC(=O)OC[C@@H](COC(=O)CCCCCCCCCCCC(C)C)OC(=O)CCCCCCCCCCCCC(C)C. The first-order valence-electron chi connectivity index (χ1n) is 24.2. The second-order valence-corrected chi connectivity index (χ2v) is 17.7. The maximum atomic E-state index is 12.7. The van der Waals surface area contributed by atoms with Gasteiger partial charge in [0, 0.05) is 19.3 Å². The van der Waals surface area contributed by atoms with Gasteiger partial charge in [0.25, 0.3) is 0 Å². The second kappa shape index (κ2) is 42.0. The first-order valence-corrected chi connectivity index (χ1v) is 24.2. The largest absolute Gasteiger partial charge is 0.462 e. The Kier molecular flexibility index (Phi) is 40.8. The van der Waals surface area contributed by atoms with Gasteiger partial charge in [-0.15, -0.1) is 0 Å². The highest BCUT2D eigenvalue weighted by Gasteiger charge is 2.19. The lowest BCUT2D eigenvalue weighted by atomic mass is 10.0. The number of esters is 3. The van der Waals surface area contributed by atoms with Gasteiger partial charge in [-0.3, -0.25) is 14.4 Å². The molecule has 55 heavy (non-hydrogen) atoms. The van der Waals surface area contributed by atoms with E-state index < -0.39 is 6.10 Å². The van der Waals surface area contributed by atoms with Gasteiger partial charge in [-0.25, -0.2) is 0 Å². The molecule has 0 unspecified atom stereocenters. The summed E-state index contributed by atoms with van der Waals surface area (Å²) in [6, 6.07) is 0. The molecule has 6 nitrogen and oxygen atoms in total. The molecule has 0 fully saturated rings. The molecule has 0 aliphatic heterocycles. The van der Waals surface area contributed by atoms with Gasteiger partial charge in [-0.05, 0) is 31.1 Å². The zero-order valence-electron chi connectivity index (χ0n) is 37.6. The van der Waals surface area contributed by atoms with E-state index in [1.165, 1.54) is 154 Å². The van der Waals surface area contributed by atoms with Gasteiger partial charge in [0.2, 0.25) is 0 Å². The van der Waals surface area contributed by atoms with E-state index in [9.17, 15) is 14.4 Å². The van der Waals surface area contributed by atoms with E-state index >= 15 is 0 Å². The molecule has 0 aromatic heterocycles. The van der Waals surface area contributed by atoms with Crippen LogP contribution in [0.1, 0.15) is 266 Å². The molecule has 0 saturated heterocycles. The fourth-order valence-corrected chi connectivity index (χ4v) is 7.28. The van der Waals surface area contributed by atoms with E-state index in [2.05, 4.69) is 34.6 Å². The Morgan fingerprint density at radius 3 is 0.891 bits per heavy atom. The highest BCUT2D eigenvalue weighted by molar-refractivity contribution is 5.71. The van der Waals surface area contributed by atoms with E-state index in [1.807, 2.05) is 0 Å². The van der Waals surface area contributed by atoms with Crippen LogP contribution in [0.5, 0.6) is 0 Å². The minimum absolute atomic E-state index is 0.0644. The number of ether oxygens (including phenoxy) is 3. The molecule has 6 heteroatoms. The summed E-state index contributed by atoms with van der Waals surface area (Å²) < 4.78 is 16.8. The van der Waals surface area contributed by atoms with Gasteiger partial charge >= 0.3 is 17.9 Å². The standard InChI is InChI=1S/C49H94O6/c1-6-7-8-9-10-11-12-13-19-24-29-34-39-47(50)53-42-46(43-54-48(51)40-35-30-25-21-16-18-23-28-33-38-45(4)5)55-49(52)41-36-31-26-20-15-14-17-22-27-32-37-44(2)3/h44-46H,6-43H2,1-5H3/t46-/m0/s1. The average molecular weight is 779 g/mol. The Morgan fingerprint density at radius 2 is 0.600 bits per heavy atom. The summed E-state index contributed by atoms with van der Waals surface area (Å²) in [6.07, 6.45) is 40.9. The maximum absolute atomic E-state index is 12.7. The van der Waals surface area contributed by atoms with Crippen LogP contribution in [-0.2, 0) is 28.6 Å². The topological polar surface area (TPSA) is 78.9 Å². The number of hydrogen-bond acceptors (Lipinski definition) is 6. The summed E-state index contributed by atoms with van der Waals surface area (Å²) in [5.41, 5.74) is 0. The summed E-state index contributed by atoms with van der Waals surface area (Å²) in [7, 11) is 0. The molecule has 0 aliphatic rings. The number of hydrogen-bond donors (Lipinski definition) is 0. The Morgan fingerprint density at radius 1 is 0.345 bits per heavy atom. The highest BCUT2D eigenvalue weighted by Crippen LogP contribution is 2.17. The van der Waals surface area contributed by atoms with Crippen molar-refractivity contribution in [3.63, 3.8) is 0 Å². The number of unbranched alkanes of at least 4 members (excludes halogenated alkanes) is 28. The lowest BCUT2D eigenvalue weighted by molar-refractivity contribution is -0.167. The fraction of sp³-hybridized carbons (Fsp3) is 0.939. The van der Waals surface area contributed by atoms with Gasteiger partial charge in [0.1, 0.15) is 13.2 Å². The Labute approximate surface area is 342 Å². The van der Waals surface area contributed by atoms with Crippen LogP contribution in [0.25, 0.3) is 0 Å². The second-order valence-electron chi connectivity index (χ2n) is 17.7. The molecule has 0 saturated carbocycles. The Bertz CT molecular complexity index is 839. The Balaban J connectivity index is 4.34. The lowest BCUT2D eigenvalue weighted by Crippen LogP contribution is -2.30. The van der Waals surface area contributed by atoms with Crippen molar-refractivity contribution in [2.24, 2.45) is 11.8 Å². The molecule has 0 spiro atoms. The minimum atomic E-state index is -0.761. The van der Waals surface area contributed by atoms with Crippen molar-refractivity contribution in [2.75, 3.05) is 13.2 Å². The van der Waals surface area contributed by atoms with Gasteiger partial charge < -0.3 is 14.2 Å². The van der Waals surface area contributed by atoms with Crippen molar-refractivity contribution in [1.29, 1.82) is 0 Å². The van der Waals surface area contributed by atoms with E-state index in [0.29, 0.717) is 19.3 Å². The monoisotopic (exact) mass is 779 g/mol. The number of rotatable bonds is 43. The van der Waals surface area contributed by atoms with Crippen LogP contribution in [0.15, 0.2) is 0 Å². The summed E-state index contributed by atoms with van der Waals surface area (Å²) in [5.74, 6) is 0.771. The molecule has 0 aliphatic carbocycles. The van der Waals surface area contributed by atoms with Gasteiger partial charge in [0.15, 0.2) is 6.10 Å². The Hall–Kier alpha value is -1.59. The molecular weight excluding hydrogens is 685 g/mol. The predicted octanol–water partition coefficient (Wildman–Crippen LogP) is 15.4. The quantitative estimate of drug-likeness (QED) is 0.0348. The first kappa shape index (κ1) is 53.4. The molecule has 0 radical (unpaired) electrons. The zero-order chi connectivity index (χ0) is 40.5. The third-order valence-corrected chi connectivity index (χ3v) is 11.0. The third-order valence-electron chi connectivity index (χ3n) is 11.0. The molecule has 326 valence electrons. The van der Waals surface area contributed by atoms with E-state index in [4.69, 9.17) is 14.2 Å². The molecule has 0 aromatic rings. The van der Waals surface area contributed by atoms with Crippen molar-refractivity contribution < 1.29 is 28.6 Å². The third kappa shape index (κ3) is 43.4. The predicted molar refractivity (Wildman–Crippen MR) is 233 cm³/mol. The van der Waals surface area contributed by atoms with Gasteiger partial charge in [0.05, 0.1) is 0 Å². The summed E-state index contributed by atoms with van der Waals surface area (Å²) in [6.45, 7) is 11.3. The fourth-order valence-electron chi connectivity index (χ4n) is 7.28. The molecule has 0 amide bonds. The van der Waals surface area contributed by atoms with Crippen molar-refractivity contribution >= 4 is 17.9 Å². The summed E-state index contributed by atoms with van der Waals surface area (Å²) >= 11 is 0. The lowest BCUT2D eigenvalue weighted by Gasteiger charge is -2.18. The van der Waals surface area contributed by atoms with E-state index in [1.54, 1.807) is 0 Å². The minimum Gasteiger partial charge on any atom is -0.462 e. The van der Waals surface area contributed by atoms with Crippen LogP contribution in [-0.4, -0.2) is 37.2 Å². The number of carbonyl (C=O) groups is 3. The van der Waals surface area contributed by atoms with Crippen LogP contribution in [0.4, 0.5) is 0 Å². The van der Waals surface area contributed by atoms with Crippen molar-refractivity contribution in [3.8, 4) is 0 Å². The van der Waals surface area contributed by atoms with Gasteiger partial charge in [-0.2, -0.15) is 0 Å². The summed E-state index contributed by atoms with van der Waals surface area (Å²) in [4.78, 5) is 37.8. The molecule has 0 heterocycles. The van der Waals surface area contributed by atoms with Crippen LogP contribution in [0.3, 0.4) is 0 Å². The normalized spacial score (nSPS) is 12.1. The molecule has 0 N–H and O–H groups in total. The average Bonchev–Trinajstić information content (AvgIpc) is 3.15. The zero-order valence-corrected chi connectivity index (χ0v) is 37.6. The van der Waals surface area contributed by atoms with Crippen LogP contribution >= 0.6 is 0 Å². The highest BCUT2D eigenvalue weighted by atomic mass is 16.6. The molecule has 1 atom stereocenters. The van der Waals surface area contributed by atoms with Crippen LogP contribution in [0, 0.1) is 11.8 Å². The molecular formula is C49H94O6. The first-order chi connectivity index (χ1) is 26.7. The summed E-state index contributed by atoms with van der Waals surface area (Å²) in [5, 5.41) is 0. The maximum Gasteiger partial charge on any atom is 0.306 e. The van der Waals surface area contributed by atoms with Crippen LogP contribution in [0.2, 0.25) is 0 Å². The van der Waals surface area contributed by atoms with E-state index in [0.717, 1.165) is 69.6 Å². The van der Waals surface area contributed by atoms with Crippen LogP contribution < -0.4 is 0 Å². The number of carbonyl (C=O) groups excluding carboxylic acids is 3. The van der Waals surface area contributed by atoms with Crippen molar-refractivity contribution in [1.82, 2.24) is 0 Å². The van der Waals surface area contributed by atoms with Gasteiger partial charge in [-0.1, -0.05) is 227 Å². The van der Waals surface area contributed by atoms with E-state index in [-0.39, 0.29) is 31.1 Å². The molecule has 0 rings (SSSR count). The van der Waals surface area contributed by atoms with Crippen molar-refractivity contribution in [2.45, 2.75) is 272 Å². The molecule has 0 bridgehead atoms. The smallest absolute Gasteiger partial charge is 0.306 e.